The Labute approximate surface area is 282 Å². The zero-order chi connectivity index (χ0) is 33.8. The molecule has 46 heavy (non-hydrogen) atoms. The van der Waals surface area contributed by atoms with Gasteiger partial charge in [-0.2, -0.15) is 0 Å². The van der Waals surface area contributed by atoms with Gasteiger partial charge in [-0.1, -0.05) is 153 Å². The van der Waals surface area contributed by atoms with E-state index < -0.39 is 6.10 Å². The molecule has 0 N–H and O–H groups in total. The average Bonchev–Trinajstić information content (AvgIpc) is 3.05. The largest absolute Gasteiger partial charge is 0.462 e. The van der Waals surface area contributed by atoms with Crippen LogP contribution in [-0.2, 0) is 28.6 Å². The Balaban J connectivity index is 4.42. The minimum atomic E-state index is -0.791. The van der Waals surface area contributed by atoms with E-state index >= 15 is 0 Å². The van der Waals surface area contributed by atoms with Crippen molar-refractivity contribution in [3.8, 4) is 0 Å². The minimum Gasteiger partial charge on any atom is -0.462 e. The van der Waals surface area contributed by atoms with Gasteiger partial charge in [0, 0.05) is 19.3 Å². The van der Waals surface area contributed by atoms with Gasteiger partial charge >= 0.3 is 17.9 Å². The van der Waals surface area contributed by atoms with Crippen molar-refractivity contribution in [2.75, 3.05) is 13.2 Å². The van der Waals surface area contributed by atoms with E-state index in [0.717, 1.165) is 70.6 Å². The van der Waals surface area contributed by atoms with E-state index in [-0.39, 0.29) is 37.5 Å². The maximum Gasteiger partial charge on any atom is 0.306 e. The normalized spacial score (nSPS) is 12.5. The first kappa shape index (κ1) is 43.4. The molecule has 0 bridgehead atoms. The van der Waals surface area contributed by atoms with Gasteiger partial charge < -0.3 is 14.2 Å². The highest BCUT2D eigenvalue weighted by atomic mass is 16.6. The third-order valence-corrected chi connectivity index (χ3v) is 7.61. The first-order valence-corrected chi connectivity index (χ1v) is 18.6. The summed E-state index contributed by atoms with van der Waals surface area (Å²) in [4.78, 5) is 37.1. The van der Waals surface area contributed by atoms with Crippen LogP contribution in [0, 0.1) is 0 Å². The Morgan fingerprint density at radius 1 is 0.457 bits per heavy atom. The monoisotopic (exact) mass is 645 g/mol. The number of hydrogen-bond acceptors (Lipinski definition) is 6. The topological polar surface area (TPSA) is 78.9 Å². The van der Waals surface area contributed by atoms with Gasteiger partial charge in [0.1, 0.15) is 13.2 Å². The van der Waals surface area contributed by atoms with Crippen LogP contribution < -0.4 is 0 Å². The summed E-state index contributed by atoms with van der Waals surface area (Å²) in [6, 6.07) is 0. The van der Waals surface area contributed by atoms with Crippen LogP contribution >= 0.6 is 0 Å². The number of allylic oxidation sites excluding steroid dienone is 8. The van der Waals surface area contributed by atoms with Crippen molar-refractivity contribution in [3.63, 3.8) is 0 Å². The van der Waals surface area contributed by atoms with E-state index in [0.29, 0.717) is 19.3 Å². The van der Waals surface area contributed by atoms with Crippen molar-refractivity contribution >= 4 is 17.9 Å². The molecular weight excluding hydrogens is 576 g/mol. The molecule has 0 aromatic rings. The van der Waals surface area contributed by atoms with E-state index in [2.05, 4.69) is 57.2 Å². The van der Waals surface area contributed by atoms with Gasteiger partial charge in [0.05, 0.1) is 0 Å². The van der Waals surface area contributed by atoms with Gasteiger partial charge in [-0.3, -0.25) is 14.4 Å². The van der Waals surface area contributed by atoms with Crippen molar-refractivity contribution < 1.29 is 28.6 Å². The van der Waals surface area contributed by atoms with Crippen LogP contribution in [0.3, 0.4) is 0 Å². The van der Waals surface area contributed by atoms with E-state index in [1.165, 1.54) is 51.4 Å². The summed E-state index contributed by atoms with van der Waals surface area (Å²) in [6.07, 6.45) is 38.5. The van der Waals surface area contributed by atoms with E-state index in [4.69, 9.17) is 14.2 Å². The standard InChI is InChI=1S/C40H68O6/c1-4-7-10-13-15-17-19-20-21-23-24-27-30-33-39(42)45-36-37(35-44-38(41)32-29-26-12-9-6-3)46-40(43)34-31-28-25-22-18-16-14-11-8-5-2/h7,10,15,17,20-21,24,27,37H,4-6,8-9,11-14,16,18-19,22-23,25-26,28-36H2,1-3H3/b10-7-,17-15-,21-20-,27-24-. The zero-order valence-electron chi connectivity index (χ0n) is 29.8. The lowest BCUT2D eigenvalue weighted by Gasteiger charge is -2.18. The van der Waals surface area contributed by atoms with Crippen molar-refractivity contribution in [1.82, 2.24) is 0 Å². The second-order valence-electron chi connectivity index (χ2n) is 12.1. The van der Waals surface area contributed by atoms with Gasteiger partial charge in [-0.25, -0.2) is 0 Å². The predicted octanol–water partition coefficient (Wildman–Crippen LogP) is 11.2. The molecule has 0 rings (SSSR count). The van der Waals surface area contributed by atoms with Crippen molar-refractivity contribution in [2.45, 2.75) is 175 Å². The molecule has 0 spiro atoms. The molecule has 0 saturated carbocycles. The lowest BCUT2D eigenvalue weighted by atomic mass is 10.1. The Hall–Kier alpha value is -2.63. The lowest BCUT2D eigenvalue weighted by molar-refractivity contribution is -0.166. The fourth-order valence-electron chi connectivity index (χ4n) is 4.81. The van der Waals surface area contributed by atoms with Crippen LogP contribution in [0.5, 0.6) is 0 Å². The molecule has 0 amide bonds. The Morgan fingerprint density at radius 3 is 1.33 bits per heavy atom. The minimum absolute atomic E-state index is 0.0955. The van der Waals surface area contributed by atoms with Crippen molar-refractivity contribution in [2.24, 2.45) is 0 Å². The Bertz CT molecular complexity index is 841. The summed E-state index contributed by atoms with van der Waals surface area (Å²) in [5, 5.41) is 0. The smallest absolute Gasteiger partial charge is 0.306 e. The van der Waals surface area contributed by atoms with Gasteiger partial charge in [0.15, 0.2) is 6.10 Å². The molecule has 0 aromatic heterocycles. The summed E-state index contributed by atoms with van der Waals surface area (Å²) in [5.41, 5.74) is 0. The van der Waals surface area contributed by atoms with Crippen molar-refractivity contribution in [3.05, 3.63) is 48.6 Å². The van der Waals surface area contributed by atoms with Crippen molar-refractivity contribution in [1.29, 1.82) is 0 Å². The highest BCUT2D eigenvalue weighted by Crippen LogP contribution is 2.13. The molecular formula is C40H68O6. The molecule has 0 aromatic carbocycles. The molecule has 0 aliphatic rings. The fraction of sp³-hybridized carbons (Fsp3) is 0.725. The number of rotatable bonds is 32. The zero-order valence-corrected chi connectivity index (χ0v) is 29.8. The maximum atomic E-state index is 12.5. The summed E-state index contributed by atoms with van der Waals surface area (Å²) >= 11 is 0. The molecule has 0 aliphatic heterocycles. The quantitative estimate of drug-likeness (QED) is 0.0314. The van der Waals surface area contributed by atoms with Crippen LogP contribution in [0.25, 0.3) is 0 Å². The number of unbranched alkanes of at least 4 members (excludes halogenated alkanes) is 13. The fourth-order valence-corrected chi connectivity index (χ4v) is 4.81. The lowest BCUT2D eigenvalue weighted by Crippen LogP contribution is -2.30. The molecule has 0 aliphatic carbocycles. The summed E-state index contributed by atoms with van der Waals surface area (Å²) < 4.78 is 16.4. The third-order valence-electron chi connectivity index (χ3n) is 7.61. The number of carbonyl (C=O) groups is 3. The summed E-state index contributed by atoms with van der Waals surface area (Å²) in [5.74, 6) is -1.01. The van der Waals surface area contributed by atoms with Gasteiger partial charge in [-0.15, -0.1) is 0 Å². The molecule has 1 atom stereocenters. The predicted molar refractivity (Wildman–Crippen MR) is 192 cm³/mol. The number of hydrogen-bond donors (Lipinski definition) is 0. The SMILES string of the molecule is CC/C=C\C/C=C\C/C=C\C/C=C\CCC(=O)OCC(COC(=O)CCCCCCC)OC(=O)CCCCCCCCCCCC. The first-order chi connectivity index (χ1) is 22.5. The molecule has 264 valence electrons. The van der Waals surface area contributed by atoms with Crippen LogP contribution in [0.1, 0.15) is 168 Å². The Kier molecular flexibility index (Phi) is 33.2. The summed E-state index contributed by atoms with van der Waals surface area (Å²) in [7, 11) is 0. The number of esters is 3. The van der Waals surface area contributed by atoms with Crippen LogP contribution in [0.15, 0.2) is 48.6 Å². The highest BCUT2D eigenvalue weighted by molar-refractivity contribution is 5.71. The van der Waals surface area contributed by atoms with E-state index in [1.807, 2.05) is 12.2 Å². The summed E-state index contributed by atoms with van der Waals surface area (Å²) in [6.45, 7) is 6.32. The van der Waals surface area contributed by atoms with E-state index in [9.17, 15) is 14.4 Å². The second-order valence-corrected chi connectivity index (χ2v) is 12.1. The van der Waals surface area contributed by atoms with Crippen LogP contribution in [0.4, 0.5) is 0 Å². The number of carbonyl (C=O) groups excluding carboxylic acids is 3. The molecule has 0 saturated heterocycles. The molecule has 0 radical (unpaired) electrons. The third kappa shape index (κ3) is 32.8. The van der Waals surface area contributed by atoms with Gasteiger partial charge in [0.2, 0.25) is 0 Å². The van der Waals surface area contributed by atoms with E-state index in [1.54, 1.807) is 0 Å². The maximum absolute atomic E-state index is 12.5. The number of ether oxygens (including phenoxy) is 3. The van der Waals surface area contributed by atoms with Crippen LogP contribution in [0.2, 0.25) is 0 Å². The Morgan fingerprint density at radius 2 is 0.848 bits per heavy atom. The molecule has 1 unspecified atom stereocenters. The highest BCUT2D eigenvalue weighted by Gasteiger charge is 2.19. The molecule has 6 nitrogen and oxygen atoms in total. The average molecular weight is 645 g/mol. The molecule has 6 heteroatoms. The first-order valence-electron chi connectivity index (χ1n) is 18.6. The van der Waals surface area contributed by atoms with Gasteiger partial charge in [-0.05, 0) is 44.9 Å². The second kappa shape index (κ2) is 35.2. The van der Waals surface area contributed by atoms with Gasteiger partial charge in [0.25, 0.3) is 0 Å². The van der Waals surface area contributed by atoms with Crippen LogP contribution in [-0.4, -0.2) is 37.2 Å². The molecule has 0 heterocycles. The molecule has 0 fully saturated rings.